The summed E-state index contributed by atoms with van der Waals surface area (Å²) in [6.07, 6.45) is 8.44. The van der Waals surface area contributed by atoms with E-state index in [4.69, 9.17) is 0 Å². The van der Waals surface area contributed by atoms with Gasteiger partial charge in [0.15, 0.2) is 0 Å². The summed E-state index contributed by atoms with van der Waals surface area (Å²) in [5.74, 6) is 0. The molecule has 0 bridgehead atoms. The number of hydrogen-bond donors (Lipinski definition) is 1. The molecule has 1 saturated carbocycles. The Hall–Kier alpha value is -0.860. The molecule has 2 rings (SSSR count). The number of nitrogens with one attached hydrogen (secondary N) is 1. The lowest BCUT2D eigenvalue weighted by Gasteiger charge is -2.28. The Labute approximate surface area is 118 Å². The van der Waals surface area contributed by atoms with E-state index >= 15 is 0 Å². The van der Waals surface area contributed by atoms with Crippen LogP contribution in [0.5, 0.6) is 0 Å². The molecule has 1 aromatic carbocycles. The fourth-order valence-electron chi connectivity index (χ4n) is 3.17. The van der Waals surface area contributed by atoms with Crippen LogP contribution in [0.3, 0.4) is 0 Å². The third-order valence-corrected chi connectivity index (χ3v) is 4.35. The van der Waals surface area contributed by atoms with Crippen molar-refractivity contribution in [2.24, 2.45) is 0 Å². The van der Waals surface area contributed by atoms with Crippen molar-refractivity contribution in [3.8, 4) is 0 Å². The smallest absolute Gasteiger partial charge is 0.0236 e. The minimum atomic E-state index is 0.783. The SMILES string of the molecule is CNCc1ccccc1CN(C)C1CCCCCC1. The molecule has 1 aromatic rings. The van der Waals surface area contributed by atoms with Crippen LogP contribution in [0.1, 0.15) is 49.7 Å². The van der Waals surface area contributed by atoms with Gasteiger partial charge in [0.05, 0.1) is 0 Å². The Balaban J connectivity index is 1.99. The second-order valence-corrected chi connectivity index (χ2v) is 5.86. The minimum Gasteiger partial charge on any atom is -0.316 e. The van der Waals surface area contributed by atoms with E-state index in [2.05, 4.69) is 41.5 Å². The van der Waals surface area contributed by atoms with Gasteiger partial charge in [0.25, 0.3) is 0 Å². The first kappa shape index (κ1) is 14.5. The topological polar surface area (TPSA) is 15.3 Å². The largest absolute Gasteiger partial charge is 0.316 e. The van der Waals surface area contributed by atoms with Crippen LogP contribution in [0.2, 0.25) is 0 Å². The normalized spacial score (nSPS) is 17.6. The van der Waals surface area contributed by atoms with Crippen LogP contribution in [-0.2, 0) is 13.1 Å². The fourth-order valence-corrected chi connectivity index (χ4v) is 3.17. The molecule has 1 N–H and O–H groups in total. The molecule has 0 unspecified atom stereocenters. The molecular weight excluding hydrogens is 232 g/mol. The van der Waals surface area contributed by atoms with E-state index in [-0.39, 0.29) is 0 Å². The zero-order chi connectivity index (χ0) is 13.5. The maximum atomic E-state index is 3.27. The standard InChI is InChI=1S/C17H28N2/c1-18-13-15-9-7-8-10-16(15)14-19(2)17-11-5-3-4-6-12-17/h7-10,17-18H,3-6,11-14H2,1-2H3. The predicted octanol–water partition coefficient (Wildman–Crippen LogP) is 3.56. The van der Waals surface area contributed by atoms with Crippen LogP contribution >= 0.6 is 0 Å². The van der Waals surface area contributed by atoms with Gasteiger partial charge in [-0.3, -0.25) is 4.90 Å². The molecule has 2 nitrogen and oxygen atoms in total. The lowest BCUT2D eigenvalue weighted by Crippen LogP contribution is -2.31. The van der Waals surface area contributed by atoms with Gasteiger partial charge in [0.2, 0.25) is 0 Å². The Bertz CT molecular complexity index is 367. The Kier molecular flexibility index (Phi) is 5.87. The van der Waals surface area contributed by atoms with E-state index in [1.165, 1.54) is 49.7 Å². The van der Waals surface area contributed by atoms with Crippen molar-refractivity contribution in [1.29, 1.82) is 0 Å². The summed E-state index contributed by atoms with van der Waals surface area (Å²) in [5.41, 5.74) is 2.91. The van der Waals surface area contributed by atoms with E-state index in [0.29, 0.717) is 0 Å². The first-order valence-electron chi connectivity index (χ1n) is 7.73. The Morgan fingerprint density at radius 3 is 2.32 bits per heavy atom. The van der Waals surface area contributed by atoms with Crippen LogP contribution in [0.15, 0.2) is 24.3 Å². The van der Waals surface area contributed by atoms with Crippen LogP contribution in [0.25, 0.3) is 0 Å². The molecule has 0 saturated heterocycles. The average Bonchev–Trinajstić information content (AvgIpc) is 2.70. The summed E-state index contributed by atoms with van der Waals surface area (Å²) < 4.78 is 0. The molecular formula is C17H28N2. The van der Waals surface area contributed by atoms with Crippen LogP contribution < -0.4 is 5.32 Å². The molecule has 1 aliphatic carbocycles. The number of hydrogen-bond acceptors (Lipinski definition) is 2. The summed E-state index contributed by atoms with van der Waals surface area (Å²) in [5, 5.41) is 3.27. The summed E-state index contributed by atoms with van der Waals surface area (Å²) >= 11 is 0. The van der Waals surface area contributed by atoms with E-state index in [9.17, 15) is 0 Å². The molecule has 0 aliphatic heterocycles. The van der Waals surface area contributed by atoms with Crippen molar-refractivity contribution in [3.05, 3.63) is 35.4 Å². The van der Waals surface area contributed by atoms with Gasteiger partial charge in [-0.2, -0.15) is 0 Å². The molecule has 0 amide bonds. The molecule has 106 valence electrons. The van der Waals surface area contributed by atoms with Crippen LogP contribution in [-0.4, -0.2) is 25.0 Å². The molecule has 0 spiro atoms. The third kappa shape index (κ3) is 4.32. The van der Waals surface area contributed by atoms with Crippen molar-refractivity contribution in [3.63, 3.8) is 0 Å². The summed E-state index contributed by atoms with van der Waals surface area (Å²) in [6.45, 7) is 2.05. The van der Waals surface area contributed by atoms with Gasteiger partial charge in [0, 0.05) is 19.1 Å². The van der Waals surface area contributed by atoms with Gasteiger partial charge >= 0.3 is 0 Å². The summed E-state index contributed by atoms with van der Waals surface area (Å²) in [4.78, 5) is 2.57. The highest BCUT2D eigenvalue weighted by atomic mass is 15.1. The van der Waals surface area contributed by atoms with Gasteiger partial charge in [-0.1, -0.05) is 49.9 Å². The molecule has 19 heavy (non-hydrogen) atoms. The molecule has 0 heterocycles. The molecule has 1 aliphatic rings. The molecule has 2 heteroatoms. The number of nitrogens with zero attached hydrogens (tertiary/aromatic N) is 1. The minimum absolute atomic E-state index is 0.783. The zero-order valence-corrected chi connectivity index (χ0v) is 12.5. The maximum absolute atomic E-state index is 3.27. The Morgan fingerprint density at radius 2 is 1.68 bits per heavy atom. The maximum Gasteiger partial charge on any atom is 0.0236 e. The second kappa shape index (κ2) is 7.66. The summed E-state index contributed by atoms with van der Waals surface area (Å²) in [7, 11) is 4.32. The molecule has 0 atom stereocenters. The van der Waals surface area contributed by atoms with Crippen molar-refractivity contribution in [2.75, 3.05) is 14.1 Å². The van der Waals surface area contributed by atoms with Gasteiger partial charge in [-0.25, -0.2) is 0 Å². The van der Waals surface area contributed by atoms with Crippen molar-refractivity contribution in [1.82, 2.24) is 10.2 Å². The summed E-state index contributed by atoms with van der Waals surface area (Å²) in [6, 6.07) is 9.61. The molecule has 0 aromatic heterocycles. The predicted molar refractivity (Wildman–Crippen MR) is 82.2 cm³/mol. The van der Waals surface area contributed by atoms with Crippen molar-refractivity contribution < 1.29 is 0 Å². The lowest BCUT2D eigenvalue weighted by molar-refractivity contribution is 0.212. The zero-order valence-electron chi connectivity index (χ0n) is 12.5. The van der Waals surface area contributed by atoms with Gasteiger partial charge in [-0.05, 0) is 38.1 Å². The monoisotopic (exact) mass is 260 g/mol. The van der Waals surface area contributed by atoms with Gasteiger partial charge in [0.1, 0.15) is 0 Å². The second-order valence-electron chi connectivity index (χ2n) is 5.86. The van der Waals surface area contributed by atoms with Gasteiger partial charge < -0.3 is 5.32 Å². The van der Waals surface area contributed by atoms with Crippen molar-refractivity contribution >= 4 is 0 Å². The van der Waals surface area contributed by atoms with E-state index in [1.54, 1.807) is 0 Å². The molecule has 0 radical (unpaired) electrons. The quantitative estimate of drug-likeness (QED) is 0.814. The van der Waals surface area contributed by atoms with Crippen molar-refractivity contribution in [2.45, 2.75) is 57.7 Å². The first-order chi connectivity index (χ1) is 9.31. The number of benzene rings is 1. The first-order valence-corrected chi connectivity index (χ1v) is 7.73. The highest BCUT2D eigenvalue weighted by Gasteiger charge is 2.17. The molecule has 1 fully saturated rings. The van der Waals surface area contributed by atoms with E-state index in [1.807, 2.05) is 7.05 Å². The lowest BCUT2D eigenvalue weighted by atomic mass is 10.0. The van der Waals surface area contributed by atoms with Crippen LogP contribution in [0.4, 0.5) is 0 Å². The highest BCUT2D eigenvalue weighted by Crippen LogP contribution is 2.23. The third-order valence-electron chi connectivity index (χ3n) is 4.35. The fraction of sp³-hybridized carbons (Fsp3) is 0.647. The van der Waals surface area contributed by atoms with E-state index < -0.39 is 0 Å². The van der Waals surface area contributed by atoms with Crippen LogP contribution in [0, 0.1) is 0 Å². The van der Waals surface area contributed by atoms with Gasteiger partial charge in [-0.15, -0.1) is 0 Å². The Morgan fingerprint density at radius 1 is 1.05 bits per heavy atom. The highest BCUT2D eigenvalue weighted by molar-refractivity contribution is 5.27. The average molecular weight is 260 g/mol. The van der Waals surface area contributed by atoms with E-state index in [0.717, 1.165) is 19.1 Å². The number of rotatable bonds is 5.